The van der Waals surface area contributed by atoms with Crippen LogP contribution < -0.4 is 20.4 Å². The molecular formula is CBa2O4. The molecule has 0 heterocycles. The molecule has 0 rings (SSSR count). The second kappa shape index (κ2) is 7.09. The maximum absolute atomic E-state index is 8.44. The van der Waals surface area contributed by atoms with Gasteiger partial charge < -0.3 is 26.6 Å². The Hall–Kier alpha value is 2.98. The molecule has 0 unspecified atom stereocenters. The Morgan fingerprint density at radius 2 is 0.714 bits per heavy atom. The monoisotopic (exact) mass is 352 g/mol. The molecule has 0 aromatic carbocycles. The molecule has 0 aromatic heterocycles. The molecule has 32 valence electrons. The first-order valence-corrected chi connectivity index (χ1v) is 0.816. The van der Waals surface area contributed by atoms with Crippen LogP contribution in [0.3, 0.4) is 0 Å². The number of hydrogen-bond acceptors (Lipinski definition) is 4. The van der Waals surface area contributed by atoms with Crippen LogP contribution in [0.1, 0.15) is 0 Å². The summed E-state index contributed by atoms with van der Waals surface area (Å²) in [4.78, 5) is 0. The third kappa shape index (κ3) is 49.2. The molecule has 0 aliphatic rings. The molecule has 6 heteroatoms. The van der Waals surface area contributed by atoms with Crippen molar-refractivity contribution in [3.8, 4) is 0 Å². The predicted molar refractivity (Wildman–Crippen MR) is 14.2 cm³/mol. The average molecular weight is 351 g/mol. The van der Waals surface area contributed by atoms with Gasteiger partial charge in [-0.3, -0.25) is 0 Å². The van der Waals surface area contributed by atoms with E-state index in [2.05, 4.69) is 0 Å². The van der Waals surface area contributed by atoms with E-state index in [1.807, 2.05) is 0 Å². The molecular weight excluding hydrogens is 351 g/mol. The first-order valence-electron chi connectivity index (χ1n) is 0.816. The van der Waals surface area contributed by atoms with Gasteiger partial charge in [-0.15, -0.1) is 0 Å². The van der Waals surface area contributed by atoms with Crippen LogP contribution in [0.5, 0.6) is 0 Å². The van der Waals surface area contributed by atoms with Gasteiger partial charge in [0.25, 0.3) is 0 Å². The van der Waals surface area contributed by atoms with Crippen molar-refractivity contribution in [3.05, 3.63) is 0 Å². The van der Waals surface area contributed by atoms with Crippen LogP contribution in [-0.2, 0) is 0 Å². The summed E-state index contributed by atoms with van der Waals surface area (Å²) in [5.41, 5.74) is 0. The Balaban J connectivity index is -0.0000000800. The molecule has 0 spiro atoms. The van der Waals surface area contributed by atoms with Crippen LogP contribution in [0.2, 0.25) is 0 Å². The minimum absolute atomic E-state index is 0. The summed E-state index contributed by atoms with van der Waals surface area (Å²) < 4.78 is 0. The normalized spacial score (nSPS) is 8.57. The molecule has 0 atom stereocenters. The zero-order valence-electron chi connectivity index (χ0n) is 3.55. The fourth-order valence-corrected chi connectivity index (χ4v) is 0. The van der Waals surface area contributed by atoms with Gasteiger partial charge in [0, 0.05) is 0 Å². The third-order valence-electron chi connectivity index (χ3n) is 0. The molecule has 0 fully saturated rings. The van der Waals surface area contributed by atoms with Crippen molar-refractivity contribution in [2.75, 3.05) is 0 Å². The van der Waals surface area contributed by atoms with Gasteiger partial charge in [-0.1, -0.05) is 0 Å². The Morgan fingerprint density at radius 1 is 0.714 bits per heavy atom. The Bertz CT molecular complexity index is 25.2. The standard InChI is InChI=1S/CO4.2Ba/c2-1(3,4)5;;/q-4;2*+2. The van der Waals surface area contributed by atoms with Gasteiger partial charge in [0.05, 0.1) is 0 Å². The van der Waals surface area contributed by atoms with Crippen molar-refractivity contribution in [3.63, 3.8) is 0 Å². The summed E-state index contributed by atoms with van der Waals surface area (Å²) in [5, 5.41) is 33.8. The van der Waals surface area contributed by atoms with Crippen molar-refractivity contribution in [2.24, 2.45) is 0 Å². The maximum atomic E-state index is 8.44. The smallest absolute Gasteiger partial charge is 0.890 e. The minimum Gasteiger partial charge on any atom is -0.890 e. The van der Waals surface area contributed by atoms with Gasteiger partial charge in [0.2, 0.25) is 0 Å². The topological polar surface area (TPSA) is 92.2 Å². The van der Waals surface area contributed by atoms with E-state index in [9.17, 15) is 0 Å². The molecule has 4 nitrogen and oxygen atoms in total. The summed E-state index contributed by atoms with van der Waals surface area (Å²) >= 11 is 0. The molecule has 0 radical (unpaired) electrons. The van der Waals surface area contributed by atoms with E-state index in [1.54, 1.807) is 0 Å². The Labute approximate surface area is 121 Å². The average Bonchev–Trinajstić information content (AvgIpc) is 0.722. The van der Waals surface area contributed by atoms with E-state index < -0.39 is 6.16 Å². The van der Waals surface area contributed by atoms with Crippen LogP contribution >= 0.6 is 0 Å². The third-order valence-corrected chi connectivity index (χ3v) is 0. The number of hydrogen-bond donors (Lipinski definition) is 0. The summed E-state index contributed by atoms with van der Waals surface area (Å²) in [7, 11) is 0. The summed E-state index contributed by atoms with van der Waals surface area (Å²) in [6.45, 7) is 0. The first kappa shape index (κ1) is 16.5. The molecule has 0 N–H and O–H groups in total. The molecule has 0 aliphatic carbocycles. The maximum Gasteiger partial charge on any atom is 2.00 e. The molecule has 7 heavy (non-hydrogen) atoms. The fraction of sp³-hybridized carbons (Fsp3) is 1.00. The molecule has 0 bridgehead atoms. The van der Waals surface area contributed by atoms with E-state index in [0.717, 1.165) is 0 Å². The van der Waals surface area contributed by atoms with Crippen molar-refractivity contribution >= 4 is 97.8 Å². The molecule has 0 saturated heterocycles. The van der Waals surface area contributed by atoms with Gasteiger partial charge in [-0.2, -0.15) is 0 Å². The molecule has 0 aliphatic heterocycles. The van der Waals surface area contributed by atoms with Gasteiger partial charge in [-0.25, -0.2) is 0 Å². The SMILES string of the molecule is [Ba+2].[Ba+2].[O-]C([O-])([O-])[O-]. The van der Waals surface area contributed by atoms with Crippen molar-refractivity contribution in [1.82, 2.24) is 0 Å². The largest absolute Gasteiger partial charge is 2.00 e. The van der Waals surface area contributed by atoms with E-state index >= 15 is 0 Å². The molecule has 0 aromatic rings. The van der Waals surface area contributed by atoms with Crippen LogP contribution in [0.4, 0.5) is 0 Å². The van der Waals surface area contributed by atoms with Crippen molar-refractivity contribution in [2.45, 2.75) is 6.16 Å². The van der Waals surface area contributed by atoms with Crippen LogP contribution in [0.25, 0.3) is 0 Å². The van der Waals surface area contributed by atoms with Crippen molar-refractivity contribution < 1.29 is 20.4 Å². The second-order valence-corrected chi connectivity index (χ2v) is 0.500. The van der Waals surface area contributed by atoms with Crippen LogP contribution in [0.15, 0.2) is 0 Å². The Morgan fingerprint density at radius 3 is 0.714 bits per heavy atom. The van der Waals surface area contributed by atoms with Gasteiger partial charge in [0.15, 0.2) is 0 Å². The van der Waals surface area contributed by atoms with Gasteiger partial charge >= 0.3 is 97.8 Å². The van der Waals surface area contributed by atoms with E-state index in [-0.39, 0.29) is 97.8 Å². The predicted octanol–water partition coefficient (Wildman–Crippen LogP) is -5.72. The zero-order valence-corrected chi connectivity index (χ0v) is 12.4. The van der Waals surface area contributed by atoms with Gasteiger partial charge in [0.1, 0.15) is 0 Å². The summed E-state index contributed by atoms with van der Waals surface area (Å²) in [5.74, 6) is 0. The molecule has 0 saturated carbocycles. The van der Waals surface area contributed by atoms with E-state index in [4.69, 9.17) is 20.4 Å². The quantitative estimate of drug-likeness (QED) is 0.321. The van der Waals surface area contributed by atoms with Crippen LogP contribution in [-0.4, -0.2) is 104 Å². The van der Waals surface area contributed by atoms with Crippen molar-refractivity contribution in [1.29, 1.82) is 0 Å². The zero-order chi connectivity index (χ0) is 4.50. The fourth-order valence-electron chi connectivity index (χ4n) is 0. The minimum atomic E-state index is -4.50. The summed E-state index contributed by atoms with van der Waals surface area (Å²) in [6.07, 6.45) is -4.50. The Kier molecular flexibility index (Phi) is 16.7. The van der Waals surface area contributed by atoms with E-state index in [0.29, 0.717) is 0 Å². The number of rotatable bonds is 0. The van der Waals surface area contributed by atoms with Gasteiger partial charge in [-0.05, 0) is 0 Å². The van der Waals surface area contributed by atoms with E-state index in [1.165, 1.54) is 0 Å². The first-order chi connectivity index (χ1) is 2.00. The second-order valence-electron chi connectivity index (χ2n) is 0.500. The van der Waals surface area contributed by atoms with Crippen LogP contribution in [0, 0.1) is 0 Å². The summed E-state index contributed by atoms with van der Waals surface area (Å²) in [6, 6.07) is 0. The molecule has 0 amide bonds.